The molecule has 8 heavy (non-hydrogen) atoms. The van der Waals surface area contributed by atoms with E-state index in [1.54, 1.807) is 0 Å². The molecule has 0 amide bonds. The third kappa shape index (κ3) is 1.20. The van der Waals surface area contributed by atoms with Crippen LogP contribution in [-0.2, 0) is 0 Å². The maximum atomic E-state index is 5.74. The summed E-state index contributed by atoms with van der Waals surface area (Å²) in [5, 5.41) is 3.28. The molecule has 1 aliphatic heterocycles. The maximum Gasteiger partial charge on any atom is 0.00887 e. The van der Waals surface area contributed by atoms with E-state index in [0.717, 1.165) is 19.5 Å². The molecule has 48 valence electrons. The standard InChI is InChI=1S/C6H14N2/c1-5-4-8-3-2-6(5)7/h5-6,8H,2-4,7H2,1H3/t5?,6-/m1/s1. The molecular weight excluding hydrogens is 100 g/mol. The third-order valence-electron chi connectivity index (χ3n) is 1.85. The molecule has 3 N–H and O–H groups in total. The molecule has 2 nitrogen and oxygen atoms in total. The molecule has 1 aliphatic rings. The summed E-state index contributed by atoms with van der Waals surface area (Å²) < 4.78 is 0. The highest BCUT2D eigenvalue weighted by molar-refractivity contribution is 4.76. The molecule has 2 atom stereocenters. The molecular formula is C6H14N2. The first-order chi connectivity index (χ1) is 3.80. The third-order valence-corrected chi connectivity index (χ3v) is 1.85. The van der Waals surface area contributed by atoms with Crippen molar-refractivity contribution in [1.29, 1.82) is 0 Å². The Balaban J connectivity index is 2.28. The molecule has 1 rings (SSSR count). The van der Waals surface area contributed by atoms with Gasteiger partial charge in [0.2, 0.25) is 0 Å². The van der Waals surface area contributed by atoms with E-state index in [1.165, 1.54) is 0 Å². The van der Waals surface area contributed by atoms with Crippen molar-refractivity contribution in [2.24, 2.45) is 11.7 Å². The van der Waals surface area contributed by atoms with Crippen molar-refractivity contribution < 1.29 is 0 Å². The minimum Gasteiger partial charge on any atom is -0.327 e. The van der Waals surface area contributed by atoms with Crippen LogP contribution in [0.15, 0.2) is 0 Å². The summed E-state index contributed by atoms with van der Waals surface area (Å²) in [6, 6.07) is 0.441. The highest BCUT2D eigenvalue weighted by Gasteiger charge is 2.15. The molecule has 0 saturated carbocycles. The van der Waals surface area contributed by atoms with Gasteiger partial charge < -0.3 is 11.1 Å². The van der Waals surface area contributed by atoms with E-state index in [4.69, 9.17) is 5.73 Å². The van der Waals surface area contributed by atoms with Gasteiger partial charge in [0.25, 0.3) is 0 Å². The van der Waals surface area contributed by atoms with Gasteiger partial charge in [0.05, 0.1) is 0 Å². The molecule has 0 aromatic heterocycles. The molecule has 0 radical (unpaired) electrons. The molecule has 1 saturated heterocycles. The van der Waals surface area contributed by atoms with E-state index < -0.39 is 0 Å². The van der Waals surface area contributed by atoms with E-state index in [-0.39, 0.29) is 0 Å². The monoisotopic (exact) mass is 114 g/mol. The van der Waals surface area contributed by atoms with Crippen molar-refractivity contribution in [1.82, 2.24) is 5.32 Å². The lowest BCUT2D eigenvalue weighted by Crippen LogP contribution is -2.43. The van der Waals surface area contributed by atoms with Crippen LogP contribution >= 0.6 is 0 Å². The number of nitrogens with two attached hydrogens (primary N) is 1. The summed E-state index contributed by atoms with van der Waals surface area (Å²) in [7, 11) is 0. The molecule has 0 spiro atoms. The smallest absolute Gasteiger partial charge is 0.00887 e. The van der Waals surface area contributed by atoms with Crippen LogP contribution in [0.1, 0.15) is 13.3 Å². The Labute approximate surface area is 50.4 Å². The van der Waals surface area contributed by atoms with Crippen LogP contribution in [0.25, 0.3) is 0 Å². The van der Waals surface area contributed by atoms with Crippen LogP contribution in [0.2, 0.25) is 0 Å². The van der Waals surface area contributed by atoms with Crippen LogP contribution in [0, 0.1) is 5.92 Å². The Hall–Kier alpha value is -0.0800. The van der Waals surface area contributed by atoms with Crippen LogP contribution < -0.4 is 11.1 Å². The van der Waals surface area contributed by atoms with Gasteiger partial charge in [0.15, 0.2) is 0 Å². The van der Waals surface area contributed by atoms with Crippen LogP contribution in [0.4, 0.5) is 0 Å². The van der Waals surface area contributed by atoms with Crippen molar-refractivity contribution in [3.8, 4) is 0 Å². The van der Waals surface area contributed by atoms with Gasteiger partial charge in [-0.05, 0) is 25.4 Å². The number of nitrogens with one attached hydrogen (secondary N) is 1. The maximum absolute atomic E-state index is 5.74. The fraction of sp³-hybridized carbons (Fsp3) is 1.00. The molecule has 0 aromatic carbocycles. The molecule has 0 aliphatic carbocycles. The Morgan fingerprint density at radius 3 is 2.75 bits per heavy atom. The van der Waals surface area contributed by atoms with Crippen molar-refractivity contribution in [3.63, 3.8) is 0 Å². The first kappa shape index (κ1) is 6.05. The highest BCUT2D eigenvalue weighted by atomic mass is 14.9. The minimum atomic E-state index is 0.441. The molecule has 1 unspecified atom stereocenters. The highest BCUT2D eigenvalue weighted by Crippen LogP contribution is 2.06. The Kier molecular flexibility index (Phi) is 1.86. The van der Waals surface area contributed by atoms with E-state index in [0.29, 0.717) is 12.0 Å². The largest absolute Gasteiger partial charge is 0.327 e. The van der Waals surface area contributed by atoms with Gasteiger partial charge >= 0.3 is 0 Å². The topological polar surface area (TPSA) is 38.0 Å². The molecule has 0 bridgehead atoms. The van der Waals surface area contributed by atoms with Gasteiger partial charge in [-0.25, -0.2) is 0 Å². The lowest BCUT2D eigenvalue weighted by Gasteiger charge is -2.25. The second-order valence-corrected chi connectivity index (χ2v) is 2.63. The Morgan fingerprint density at radius 1 is 1.62 bits per heavy atom. The van der Waals surface area contributed by atoms with E-state index in [2.05, 4.69) is 12.2 Å². The first-order valence-electron chi connectivity index (χ1n) is 3.27. The Bertz CT molecular complexity index is 62.9. The molecule has 1 heterocycles. The average molecular weight is 114 g/mol. The fourth-order valence-electron chi connectivity index (χ4n) is 1.03. The van der Waals surface area contributed by atoms with Crippen molar-refractivity contribution >= 4 is 0 Å². The quantitative estimate of drug-likeness (QED) is 0.463. The van der Waals surface area contributed by atoms with E-state index in [1.807, 2.05) is 0 Å². The van der Waals surface area contributed by atoms with E-state index in [9.17, 15) is 0 Å². The summed E-state index contributed by atoms with van der Waals surface area (Å²) in [5.74, 6) is 0.670. The SMILES string of the molecule is CC1CNCC[C@H]1N. The lowest BCUT2D eigenvalue weighted by molar-refractivity contribution is 0.349. The number of rotatable bonds is 0. The van der Waals surface area contributed by atoms with E-state index >= 15 is 0 Å². The van der Waals surface area contributed by atoms with Gasteiger partial charge in [0, 0.05) is 6.04 Å². The zero-order chi connectivity index (χ0) is 5.98. The van der Waals surface area contributed by atoms with Crippen molar-refractivity contribution in [3.05, 3.63) is 0 Å². The predicted molar refractivity (Wildman–Crippen MR) is 34.6 cm³/mol. The zero-order valence-electron chi connectivity index (χ0n) is 5.35. The van der Waals surface area contributed by atoms with Crippen LogP contribution in [0.3, 0.4) is 0 Å². The van der Waals surface area contributed by atoms with Gasteiger partial charge in [0.1, 0.15) is 0 Å². The number of hydrogen-bond acceptors (Lipinski definition) is 2. The second-order valence-electron chi connectivity index (χ2n) is 2.63. The summed E-state index contributed by atoms with van der Waals surface area (Å²) >= 11 is 0. The minimum absolute atomic E-state index is 0.441. The predicted octanol–water partition coefficient (Wildman–Crippen LogP) is -0.0569. The number of piperidine rings is 1. The van der Waals surface area contributed by atoms with Crippen LogP contribution in [0.5, 0.6) is 0 Å². The molecule has 2 heteroatoms. The van der Waals surface area contributed by atoms with Crippen molar-refractivity contribution in [2.75, 3.05) is 13.1 Å². The average Bonchev–Trinajstić information content (AvgIpc) is 1.77. The second kappa shape index (κ2) is 2.46. The van der Waals surface area contributed by atoms with Gasteiger partial charge in [-0.2, -0.15) is 0 Å². The number of hydrogen-bond donors (Lipinski definition) is 2. The Morgan fingerprint density at radius 2 is 2.38 bits per heavy atom. The normalized spacial score (nSPS) is 39.8. The first-order valence-corrected chi connectivity index (χ1v) is 3.27. The van der Waals surface area contributed by atoms with Gasteiger partial charge in [-0.3, -0.25) is 0 Å². The summed E-state index contributed by atoms with van der Waals surface area (Å²) in [5.41, 5.74) is 5.74. The summed E-state index contributed by atoms with van der Waals surface area (Å²) in [6.45, 7) is 4.39. The summed E-state index contributed by atoms with van der Waals surface area (Å²) in [6.07, 6.45) is 1.14. The summed E-state index contributed by atoms with van der Waals surface area (Å²) in [4.78, 5) is 0. The van der Waals surface area contributed by atoms with Crippen molar-refractivity contribution in [2.45, 2.75) is 19.4 Å². The molecule has 1 fully saturated rings. The fourth-order valence-corrected chi connectivity index (χ4v) is 1.03. The molecule has 0 aromatic rings. The van der Waals surface area contributed by atoms with Crippen LogP contribution in [-0.4, -0.2) is 19.1 Å². The lowest BCUT2D eigenvalue weighted by atomic mass is 9.97. The van der Waals surface area contributed by atoms with Gasteiger partial charge in [-0.1, -0.05) is 6.92 Å². The van der Waals surface area contributed by atoms with Gasteiger partial charge in [-0.15, -0.1) is 0 Å². The zero-order valence-corrected chi connectivity index (χ0v) is 5.35.